The lowest BCUT2D eigenvalue weighted by atomic mass is 10.0. The molecule has 0 N–H and O–H groups in total. The standard InChI is InChI=1S/C21H24BrF3N2O7/c1-30-10-14(34-12-32-3)8-27-18(22)17(21(23,24)25)19(26-27)33-9-13-6-4-5-7-15(13)16(11-31-2)20(28)29/h4-7,11,14H,8-10,12H2,1-3H3,(H,28,29)/p-1/b16-11+. The van der Waals surface area contributed by atoms with Crippen LogP contribution in [0.5, 0.6) is 5.88 Å². The molecule has 0 fully saturated rings. The van der Waals surface area contributed by atoms with Crippen molar-refractivity contribution in [3.8, 4) is 5.88 Å². The number of hydrogen-bond acceptors (Lipinski definition) is 8. The summed E-state index contributed by atoms with van der Waals surface area (Å²) in [5.41, 5.74) is -0.957. The highest BCUT2D eigenvalue weighted by atomic mass is 79.9. The van der Waals surface area contributed by atoms with E-state index in [0.29, 0.717) is 0 Å². The van der Waals surface area contributed by atoms with Crippen LogP contribution in [0.4, 0.5) is 13.2 Å². The zero-order valence-electron chi connectivity index (χ0n) is 18.6. The van der Waals surface area contributed by atoms with Crippen LogP contribution in [0.25, 0.3) is 5.57 Å². The number of nitrogens with zero attached hydrogens (tertiary/aromatic N) is 2. The van der Waals surface area contributed by atoms with Crippen LogP contribution in [-0.4, -0.2) is 56.6 Å². The zero-order chi connectivity index (χ0) is 25.3. The van der Waals surface area contributed by atoms with Crippen LogP contribution in [0.2, 0.25) is 0 Å². The van der Waals surface area contributed by atoms with Gasteiger partial charge in [-0.3, -0.25) is 4.68 Å². The Morgan fingerprint density at radius 2 is 1.94 bits per heavy atom. The lowest BCUT2D eigenvalue weighted by Crippen LogP contribution is -2.27. The molecule has 188 valence electrons. The minimum atomic E-state index is -4.79. The lowest BCUT2D eigenvalue weighted by Gasteiger charge is -2.17. The molecule has 0 amide bonds. The Morgan fingerprint density at radius 3 is 2.53 bits per heavy atom. The van der Waals surface area contributed by atoms with Crippen LogP contribution >= 0.6 is 15.9 Å². The van der Waals surface area contributed by atoms with Gasteiger partial charge in [-0.25, -0.2) is 0 Å². The number of methoxy groups -OCH3 is 3. The topological polar surface area (TPSA) is 104 Å². The lowest BCUT2D eigenvalue weighted by molar-refractivity contribution is -0.295. The Bertz CT molecular complexity index is 995. The van der Waals surface area contributed by atoms with Crippen molar-refractivity contribution < 1.29 is 46.8 Å². The highest BCUT2D eigenvalue weighted by Crippen LogP contribution is 2.41. The summed E-state index contributed by atoms with van der Waals surface area (Å²) in [4.78, 5) is 11.5. The molecule has 34 heavy (non-hydrogen) atoms. The Hall–Kier alpha value is -2.61. The number of hydrogen-bond donors (Lipinski definition) is 0. The second-order valence-electron chi connectivity index (χ2n) is 6.80. The number of ether oxygens (including phenoxy) is 5. The molecule has 2 rings (SSSR count). The van der Waals surface area contributed by atoms with E-state index >= 15 is 0 Å². The number of carboxylic acids is 1. The molecule has 0 aliphatic heterocycles. The first kappa shape index (κ1) is 27.6. The third-order valence-electron chi connectivity index (χ3n) is 4.42. The van der Waals surface area contributed by atoms with Crippen LogP contribution in [0.15, 0.2) is 35.1 Å². The Kier molecular flexibility index (Phi) is 10.4. The number of rotatable bonds is 13. The number of aromatic nitrogens is 2. The molecule has 1 unspecified atom stereocenters. The van der Waals surface area contributed by atoms with Crippen molar-refractivity contribution in [2.75, 3.05) is 34.7 Å². The van der Waals surface area contributed by atoms with E-state index in [1.165, 1.54) is 33.5 Å². The fourth-order valence-electron chi connectivity index (χ4n) is 2.97. The number of halogens is 4. The minimum Gasteiger partial charge on any atom is -0.545 e. The van der Waals surface area contributed by atoms with Gasteiger partial charge >= 0.3 is 6.18 Å². The van der Waals surface area contributed by atoms with E-state index in [2.05, 4.69) is 21.0 Å². The molecule has 1 aromatic heterocycles. The maximum atomic E-state index is 13.8. The molecule has 0 bridgehead atoms. The van der Waals surface area contributed by atoms with Crippen LogP contribution in [0.1, 0.15) is 16.7 Å². The largest absolute Gasteiger partial charge is 0.545 e. The van der Waals surface area contributed by atoms with Crippen molar-refractivity contribution in [1.29, 1.82) is 0 Å². The Balaban J connectivity index is 2.37. The molecule has 0 saturated heterocycles. The number of carbonyl (C=O) groups is 1. The summed E-state index contributed by atoms with van der Waals surface area (Å²) < 4.78 is 67.6. The van der Waals surface area contributed by atoms with Gasteiger partial charge in [-0.1, -0.05) is 24.3 Å². The van der Waals surface area contributed by atoms with Gasteiger partial charge in [-0.05, 0) is 27.1 Å². The third kappa shape index (κ3) is 7.19. The van der Waals surface area contributed by atoms with Gasteiger partial charge in [0, 0.05) is 19.8 Å². The molecule has 9 nitrogen and oxygen atoms in total. The summed E-state index contributed by atoms with van der Waals surface area (Å²) in [5.74, 6) is -2.21. The van der Waals surface area contributed by atoms with Gasteiger partial charge in [0.05, 0.1) is 32.5 Å². The predicted molar refractivity (Wildman–Crippen MR) is 114 cm³/mol. The number of aliphatic carboxylic acids is 1. The first-order valence-electron chi connectivity index (χ1n) is 9.72. The van der Waals surface area contributed by atoms with Crippen molar-refractivity contribution in [3.63, 3.8) is 0 Å². The van der Waals surface area contributed by atoms with E-state index in [1.54, 1.807) is 12.1 Å². The highest BCUT2D eigenvalue weighted by Gasteiger charge is 2.41. The van der Waals surface area contributed by atoms with Gasteiger partial charge < -0.3 is 33.6 Å². The Morgan fingerprint density at radius 1 is 1.24 bits per heavy atom. The van der Waals surface area contributed by atoms with Gasteiger partial charge in [0.1, 0.15) is 24.1 Å². The smallest absolute Gasteiger partial charge is 0.424 e. The summed E-state index contributed by atoms with van der Waals surface area (Å²) in [6.45, 7) is -0.502. The maximum Gasteiger partial charge on any atom is 0.424 e. The van der Waals surface area contributed by atoms with E-state index in [9.17, 15) is 23.1 Å². The minimum absolute atomic E-state index is 0.0818. The number of carbonyl (C=O) groups excluding carboxylic acids is 1. The molecule has 1 aromatic carbocycles. The Labute approximate surface area is 202 Å². The molecule has 2 aromatic rings. The van der Waals surface area contributed by atoms with Crippen molar-refractivity contribution >= 4 is 27.5 Å². The van der Waals surface area contributed by atoms with Crippen LogP contribution in [0.3, 0.4) is 0 Å². The van der Waals surface area contributed by atoms with Crippen LogP contribution < -0.4 is 9.84 Å². The van der Waals surface area contributed by atoms with Crippen molar-refractivity contribution in [3.05, 3.63) is 51.8 Å². The molecule has 0 radical (unpaired) electrons. The van der Waals surface area contributed by atoms with Crippen molar-refractivity contribution in [2.45, 2.75) is 25.4 Å². The first-order valence-corrected chi connectivity index (χ1v) is 10.5. The fraction of sp³-hybridized carbons (Fsp3) is 0.429. The number of carboxylic acid groups (broad SMARTS) is 1. The van der Waals surface area contributed by atoms with Crippen LogP contribution in [-0.2, 0) is 43.1 Å². The molecule has 0 saturated carbocycles. The van der Waals surface area contributed by atoms with E-state index in [-0.39, 0.29) is 41.2 Å². The zero-order valence-corrected chi connectivity index (χ0v) is 20.1. The van der Waals surface area contributed by atoms with E-state index in [1.807, 2.05) is 0 Å². The van der Waals surface area contributed by atoms with Gasteiger partial charge in [0.25, 0.3) is 0 Å². The van der Waals surface area contributed by atoms with Crippen molar-refractivity contribution in [1.82, 2.24) is 9.78 Å². The molecule has 1 heterocycles. The van der Waals surface area contributed by atoms with E-state index in [4.69, 9.17) is 23.7 Å². The molecular formula is C21H23BrF3N2O7-. The summed E-state index contributed by atoms with van der Waals surface area (Å²) in [6, 6.07) is 6.12. The summed E-state index contributed by atoms with van der Waals surface area (Å²) in [7, 11) is 4.09. The molecule has 0 spiro atoms. The average molecular weight is 552 g/mol. The molecular weight excluding hydrogens is 529 g/mol. The summed E-state index contributed by atoms with van der Waals surface area (Å²) >= 11 is 2.95. The van der Waals surface area contributed by atoms with Crippen molar-refractivity contribution in [2.24, 2.45) is 0 Å². The first-order chi connectivity index (χ1) is 16.1. The molecule has 1 atom stereocenters. The van der Waals surface area contributed by atoms with Gasteiger partial charge in [-0.15, -0.1) is 5.10 Å². The predicted octanol–water partition coefficient (Wildman–Crippen LogP) is 2.62. The number of benzene rings is 1. The van der Waals surface area contributed by atoms with Crippen LogP contribution in [0, 0.1) is 0 Å². The third-order valence-corrected chi connectivity index (χ3v) is 5.23. The summed E-state index contributed by atoms with van der Waals surface area (Å²) in [6.07, 6.45) is -4.47. The summed E-state index contributed by atoms with van der Waals surface area (Å²) in [5, 5.41) is 15.4. The monoisotopic (exact) mass is 551 g/mol. The second-order valence-corrected chi connectivity index (χ2v) is 7.55. The highest BCUT2D eigenvalue weighted by molar-refractivity contribution is 9.10. The average Bonchev–Trinajstić information content (AvgIpc) is 3.10. The normalized spacial score (nSPS) is 13.1. The molecule has 0 aliphatic carbocycles. The van der Waals surface area contributed by atoms with Gasteiger partial charge in [0.2, 0.25) is 5.88 Å². The molecule has 13 heteroatoms. The number of alkyl halides is 3. The van der Waals surface area contributed by atoms with E-state index in [0.717, 1.165) is 10.9 Å². The molecule has 0 aliphatic rings. The SMILES string of the molecule is CO/C=C(/C(=O)[O-])c1ccccc1COc1nn(CC(COC)OCOC)c(Br)c1C(F)(F)F. The fourth-order valence-corrected chi connectivity index (χ4v) is 3.59. The second kappa shape index (κ2) is 12.7. The quantitative estimate of drug-likeness (QED) is 0.212. The van der Waals surface area contributed by atoms with E-state index < -0.39 is 36.3 Å². The van der Waals surface area contributed by atoms with Gasteiger partial charge in [0.15, 0.2) is 5.56 Å². The van der Waals surface area contributed by atoms with Gasteiger partial charge in [-0.2, -0.15) is 13.2 Å². The maximum absolute atomic E-state index is 13.8.